The van der Waals surface area contributed by atoms with Gasteiger partial charge in [0.15, 0.2) is 0 Å². The predicted molar refractivity (Wildman–Crippen MR) is 99.9 cm³/mol. The summed E-state index contributed by atoms with van der Waals surface area (Å²) in [4.78, 5) is 18.9. The first-order chi connectivity index (χ1) is 11.5. The molecule has 0 aliphatic rings. The normalized spacial score (nSPS) is 10.5. The number of carbonyl (C=O) groups is 1. The largest absolute Gasteiger partial charge is 0.354 e. The average molecular weight is 325 g/mol. The Bertz CT molecular complexity index is 691. The SMILES string of the molecule is CCCN(CCC)C(=O)c1cncc(Nc2cc(C)ccc2C)c1. The fourth-order valence-electron chi connectivity index (χ4n) is 2.69. The van der Waals surface area contributed by atoms with Crippen LogP contribution < -0.4 is 5.32 Å². The molecule has 0 aliphatic heterocycles. The van der Waals surface area contributed by atoms with Crippen molar-refractivity contribution in [3.8, 4) is 0 Å². The van der Waals surface area contributed by atoms with Crippen LogP contribution in [-0.4, -0.2) is 28.9 Å². The molecule has 0 radical (unpaired) electrons. The van der Waals surface area contributed by atoms with Gasteiger partial charge in [-0.15, -0.1) is 0 Å². The monoisotopic (exact) mass is 325 g/mol. The summed E-state index contributed by atoms with van der Waals surface area (Å²) in [6.45, 7) is 9.87. The van der Waals surface area contributed by atoms with Crippen molar-refractivity contribution < 1.29 is 4.79 Å². The highest BCUT2D eigenvalue weighted by molar-refractivity contribution is 5.95. The Morgan fingerprint density at radius 1 is 1.08 bits per heavy atom. The molecular formula is C20H27N3O. The van der Waals surface area contributed by atoms with E-state index in [1.54, 1.807) is 12.4 Å². The van der Waals surface area contributed by atoms with Crippen molar-refractivity contribution in [1.82, 2.24) is 9.88 Å². The van der Waals surface area contributed by atoms with Crippen LogP contribution in [-0.2, 0) is 0 Å². The van der Waals surface area contributed by atoms with Crippen molar-refractivity contribution >= 4 is 17.3 Å². The van der Waals surface area contributed by atoms with Crippen LogP contribution in [0.5, 0.6) is 0 Å². The van der Waals surface area contributed by atoms with Crippen LogP contribution in [0.2, 0.25) is 0 Å². The number of anilines is 2. The molecule has 24 heavy (non-hydrogen) atoms. The number of benzene rings is 1. The number of nitrogens with zero attached hydrogens (tertiary/aromatic N) is 2. The van der Waals surface area contributed by atoms with Gasteiger partial charge in [0.25, 0.3) is 5.91 Å². The Morgan fingerprint density at radius 2 is 1.79 bits per heavy atom. The molecule has 2 aromatic rings. The molecule has 2 rings (SSSR count). The Balaban J connectivity index is 2.21. The Morgan fingerprint density at radius 3 is 2.46 bits per heavy atom. The van der Waals surface area contributed by atoms with Crippen molar-refractivity contribution in [2.24, 2.45) is 0 Å². The molecule has 4 nitrogen and oxygen atoms in total. The fourth-order valence-corrected chi connectivity index (χ4v) is 2.69. The van der Waals surface area contributed by atoms with Crippen molar-refractivity contribution in [3.63, 3.8) is 0 Å². The van der Waals surface area contributed by atoms with Crippen LogP contribution in [0.25, 0.3) is 0 Å². The molecule has 0 fully saturated rings. The predicted octanol–water partition coefficient (Wildman–Crippen LogP) is 4.70. The van der Waals surface area contributed by atoms with E-state index in [-0.39, 0.29) is 5.91 Å². The number of aryl methyl sites for hydroxylation is 2. The number of carbonyl (C=O) groups excluding carboxylic acids is 1. The Labute approximate surface area is 144 Å². The van der Waals surface area contributed by atoms with E-state index in [1.807, 2.05) is 11.0 Å². The molecular weight excluding hydrogens is 298 g/mol. The summed E-state index contributed by atoms with van der Waals surface area (Å²) in [7, 11) is 0. The highest BCUT2D eigenvalue weighted by Gasteiger charge is 2.15. The van der Waals surface area contributed by atoms with E-state index in [9.17, 15) is 4.79 Å². The maximum absolute atomic E-state index is 12.7. The number of nitrogens with one attached hydrogen (secondary N) is 1. The second-order valence-corrected chi connectivity index (χ2v) is 6.20. The van der Waals surface area contributed by atoms with Gasteiger partial charge in [-0.1, -0.05) is 26.0 Å². The molecule has 128 valence electrons. The van der Waals surface area contributed by atoms with E-state index < -0.39 is 0 Å². The van der Waals surface area contributed by atoms with Gasteiger partial charge in [0.05, 0.1) is 17.4 Å². The third-order valence-electron chi connectivity index (χ3n) is 3.93. The molecule has 0 unspecified atom stereocenters. The van der Waals surface area contributed by atoms with Gasteiger partial charge in [-0.2, -0.15) is 0 Å². The van der Waals surface area contributed by atoms with Crippen molar-refractivity contribution in [1.29, 1.82) is 0 Å². The molecule has 0 aliphatic carbocycles. The van der Waals surface area contributed by atoms with E-state index in [4.69, 9.17) is 0 Å². The molecule has 0 atom stereocenters. The van der Waals surface area contributed by atoms with Gasteiger partial charge in [0.1, 0.15) is 0 Å². The standard InChI is InChI=1S/C20H27N3O/c1-5-9-23(10-6-2)20(24)17-12-18(14-21-13-17)22-19-11-15(3)7-8-16(19)4/h7-8,11-14,22H,5-6,9-10H2,1-4H3. The number of aromatic nitrogens is 1. The van der Waals surface area contributed by atoms with Gasteiger partial charge < -0.3 is 10.2 Å². The number of amides is 1. The minimum absolute atomic E-state index is 0.0517. The number of pyridine rings is 1. The topological polar surface area (TPSA) is 45.2 Å². The molecule has 4 heteroatoms. The van der Waals surface area contributed by atoms with Gasteiger partial charge in [0, 0.05) is 25.0 Å². The summed E-state index contributed by atoms with van der Waals surface area (Å²) in [6.07, 6.45) is 5.32. The third kappa shape index (κ3) is 4.57. The highest BCUT2D eigenvalue weighted by atomic mass is 16.2. The van der Waals surface area contributed by atoms with E-state index in [2.05, 4.69) is 56.2 Å². The number of hydrogen-bond donors (Lipinski definition) is 1. The quantitative estimate of drug-likeness (QED) is 0.802. The van der Waals surface area contributed by atoms with E-state index in [1.165, 1.54) is 5.56 Å². The number of hydrogen-bond acceptors (Lipinski definition) is 3. The van der Waals surface area contributed by atoms with E-state index in [0.717, 1.165) is 42.9 Å². The molecule has 1 aromatic heterocycles. The van der Waals surface area contributed by atoms with Crippen LogP contribution in [0.4, 0.5) is 11.4 Å². The fraction of sp³-hybridized carbons (Fsp3) is 0.400. The first-order valence-corrected chi connectivity index (χ1v) is 8.63. The van der Waals surface area contributed by atoms with E-state index >= 15 is 0 Å². The summed E-state index contributed by atoms with van der Waals surface area (Å²) >= 11 is 0. The van der Waals surface area contributed by atoms with Crippen LogP contribution >= 0.6 is 0 Å². The van der Waals surface area contributed by atoms with Gasteiger partial charge in [-0.25, -0.2) is 0 Å². The number of rotatable bonds is 7. The third-order valence-corrected chi connectivity index (χ3v) is 3.93. The van der Waals surface area contributed by atoms with Crippen molar-refractivity contribution in [2.75, 3.05) is 18.4 Å². The zero-order valence-corrected chi connectivity index (χ0v) is 15.1. The summed E-state index contributed by atoms with van der Waals surface area (Å²) in [5.41, 5.74) is 4.87. The first-order valence-electron chi connectivity index (χ1n) is 8.63. The minimum Gasteiger partial charge on any atom is -0.354 e. The minimum atomic E-state index is 0.0517. The van der Waals surface area contributed by atoms with Gasteiger partial charge >= 0.3 is 0 Å². The van der Waals surface area contributed by atoms with Gasteiger partial charge in [-0.3, -0.25) is 9.78 Å². The molecule has 1 aromatic carbocycles. The molecule has 1 amide bonds. The molecule has 0 saturated heterocycles. The lowest BCUT2D eigenvalue weighted by atomic mass is 10.1. The van der Waals surface area contributed by atoms with Crippen LogP contribution in [0.15, 0.2) is 36.7 Å². The second-order valence-electron chi connectivity index (χ2n) is 6.20. The van der Waals surface area contributed by atoms with Crippen LogP contribution in [0.3, 0.4) is 0 Å². The van der Waals surface area contributed by atoms with Crippen LogP contribution in [0, 0.1) is 13.8 Å². The van der Waals surface area contributed by atoms with Gasteiger partial charge in [0.2, 0.25) is 0 Å². The lowest BCUT2D eigenvalue weighted by Crippen LogP contribution is -2.32. The van der Waals surface area contributed by atoms with Crippen molar-refractivity contribution in [2.45, 2.75) is 40.5 Å². The lowest BCUT2D eigenvalue weighted by molar-refractivity contribution is 0.0755. The van der Waals surface area contributed by atoms with E-state index in [0.29, 0.717) is 5.56 Å². The summed E-state index contributed by atoms with van der Waals surface area (Å²) in [5.74, 6) is 0.0517. The Kier molecular flexibility index (Phi) is 6.36. The molecule has 1 N–H and O–H groups in total. The molecule has 0 spiro atoms. The van der Waals surface area contributed by atoms with Gasteiger partial charge in [-0.05, 0) is 49.9 Å². The second kappa shape index (κ2) is 8.48. The van der Waals surface area contributed by atoms with Crippen molar-refractivity contribution in [3.05, 3.63) is 53.3 Å². The maximum atomic E-state index is 12.7. The molecule has 1 heterocycles. The highest BCUT2D eigenvalue weighted by Crippen LogP contribution is 2.22. The smallest absolute Gasteiger partial charge is 0.255 e. The maximum Gasteiger partial charge on any atom is 0.255 e. The molecule has 0 saturated carbocycles. The lowest BCUT2D eigenvalue weighted by Gasteiger charge is -2.21. The zero-order valence-electron chi connectivity index (χ0n) is 15.1. The molecule has 0 bridgehead atoms. The zero-order chi connectivity index (χ0) is 17.5. The van der Waals surface area contributed by atoms with Crippen LogP contribution in [0.1, 0.15) is 48.2 Å². The Hall–Kier alpha value is -2.36. The summed E-state index contributed by atoms with van der Waals surface area (Å²) < 4.78 is 0. The first kappa shape index (κ1) is 18.0. The average Bonchev–Trinajstić information content (AvgIpc) is 2.57. The summed E-state index contributed by atoms with van der Waals surface area (Å²) in [6, 6.07) is 8.16. The summed E-state index contributed by atoms with van der Waals surface area (Å²) in [5, 5.41) is 3.38.